The number of carboxylic acids is 1. The zero-order chi connectivity index (χ0) is 15.4. The molecule has 0 amide bonds. The number of hydrogen-bond donors (Lipinski definition) is 1. The molecule has 2 rings (SSSR count). The molecule has 0 aromatic carbocycles. The third-order valence-electron chi connectivity index (χ3n) is 3.21. The number of ether oxygens (including phenoxy) is 1. The van der Waals surface area contributed by atoms with E-state index in [2.05, 4.69) is 23.7 Å². The van der Waals surface area contributed by atoms with Gasteiger partial charge in [-0.1, -0.05) is 25.6 Å². The van der Waals surface area contributed by atoms with Crippen LogP contribution in [0.1, 0.15) is 29.2 Å². The van der Waals surface area contributed by atoms with Crippen molar-refractivity contribution < 1.29 is 14.6 Å². The first-order valence-corrected chi connectivity index (χ1v) is 8.93. The van der Waals surface area contributed by atoms with Crippen LogP contribution in [0.5, 0.6) is 0 Å². The topological polar surface area (TPSA) is 62.7 Å². The van der Waals surface area contributed by atoms with E-state index in [0.717, 1.165) is 36.3 Å². The average Bonchev–Trinajstić information content (AvgIpc) is 2.77. The lowest BCUT2D eigenvalue weighted by Crippen LogP contribution is -2.44. The maximum atomic E-state index is 11.0. The van der Waals surface area contributed by atoms with Crippen LogP contribution in [0.3, 0.4) is 0 Å². The standard InChI is InChI=1S/C14H22N2O3S2/c1-9(2)6-16-4-5-19-11(7-16)8-20-14-15-10(3)12(21-14)13(17)18/h9,11H,4-8H2,1-3H3,(H,17,18). The molecule has 21 heavy (non-hydrogen) atoms. The van der Waals surface area contributed by atoms with E-state index in [9.17, 15) is 4.79 Å². The highest BCUT2D eigenvalue weighted by atomic mass is 32.2. The van der Waals surface area contributed by atoms with Crippen molar-refractivity contribution in [1.82, 2.24) is 9.88 Å². The van der Waals surface area contributed by atoms with E-state index in [1.807, 2.05) is 0 Å². The molecule has 1 aromatic rings. The Balaban J connectivity index is 1.85. The van der Waals surface area contributed by atoms with Gasteiger partial charge in [-0.05, 0) is 12.8 Å². The monoisotopic (exact) mass is 330 g/mol. The number of carbonyl (C=O) groups is 1. The van der Waals surface area contributed by atoms with Gasteiger partial charge < -0.3 is 9.84 Å². The molecule has 0 radical (unpaired) electrons. The predicted molar refractivity (Wildman–Crippen MR) is 85.6 cm³/mol. The minimum absolute atomic E-state index is 0.194. The molecule has 2 heterocycles. The van der Waals surface area contributed by atoms with Gasteiger partial charge in [0.1, 0.15) is 4.88 Å². The van der Waals surface area contributed by atoms with Crippen LogP contribution in [-0.2, 0) is 4.74 Å². The van der Waals surface area contributed by atoms with Crippen molar-refractivity contribution in [1.29, 1.82) is 0 Å². The Morgan fingerprint density at radius 1 is 1.62 bits per heavy atom. The minimum atomic E-state index is -0.895. The lowest BCUT2D eigenvalue weighted by atomic mass is 10.2. The molecule has 1 unspecified atom stereocenters. The lowest BCUT2D eigenvalue weighted by molar-refractivity contribution is -0.0191. The van der Waals surface area contributed by atoms with Gasteiger partial charge in [0, 0.05) is 25.4 Å². The predicted octanol–water partition coefficient (Wildman–Crippen LogP) is 2.60. The largest absolute Gasteiger partial charge is 0.477 e. The molecule has 5 nitrogen and oxygen atoms in total. The van der Waals surface area contributed by atoms with Crippen LogP contribution in [0.4, 0.5) is 0 Å². The highest BCUT2D eigenvalue weighted by Crippen LogP contribution is 2.28. The molecule has 1 atom stereocenters. The smallest absolute Gasteiger partial charge is 0.347 e. The molecular weight excluding hydrogens is 308 g/mol. The molecule has 1 saturated heterocycles. The quantitative estimate of drug-likeness (QED) is 0.809. The number of aromatic carboxylic acids is 1. The Kier molecular flexibility index (Phi) is 6.04. The Morgan fingerprint density at radius 2 is 2.38 bits per heavy atom. The van der Waals surface area contributed by atoms with Gasteiger partial charge in [-0.15, -0.1) is 11.3 Å². The first-order valence-electron chi connectivity index (χ1n) is 7.13. The first kappa shape index (κ1) is 16.7. The molecule has 1 aliphatic heterocycles. The number of rotatable bonds is 6. The lowest BCUT2D eigenvalue weighted by Gasteiger charge is -2.33. The zero-order valence-corrected chi connectivity index (χ0v) is 14.3. The second kappa shape index (κ2) is 7.58. The summed E-state index contributed by atoms with van der Waals surface area (Å²) in [6.07, 6.45) is 0.194. The summed E-state index contributed by atoms with van der Waals surface area (Å²) in [4.78, 5) is 18.1. The van der Waals surface area contributed by atoms with E-state index in [1.165, 1.54) is 11.3 Å². The molecule has 0 spiro atoms. The number of nitrogens with zero attached hydrogens (tertiary/aromatic N) is 2. The van der Waals surface area contributed by atoms with Crippen molar-refractivity contribution in [2.24, 2.45) is 5.92 Å². The van der Waals surface area contributed by atoms with Crippen LogP contribution in [0.2, 0.25) is 0 Å². The van der Waals surface area contributed by atoms with Crippen molar-refractivity contribution in [3.63, 3.8) is 0 Å². The zero-order valence-electron chi connectivity index (χ0n) is 12.7. The maximum absolute atomic E-state index is 11.0. The van der Waals surface area contributed by atoms with Crippen LogP contribution in [-0.4, -0.2) is 59.1 Å². The molecule has 1 aliphatic rings. The minimum Gasteiger partial charge on any atom is -0.477 e. The van der Waals surface area contributed by atoms with Crippen LogP contribution in [0.25, 0.3) is 0 Å². The van der Waals surface area contributed by atoms with Crippen molar-refractivity contribution in [2.45, 2.75) is 31.2 Å². The van der Waals surface area contributed by atoms with E-state index in [1.54, 1.807) is 18.7 Å². The van der Waals surface area contributed by atoms with E-state index in [0.29, 0.717) is 16.5 Å². The second-order valence-electron chi connectivity index (χ2n) is 5.66. The summed E-state index contributed by atoms with van der Waals surface area (Å²) in [6, 6.07) is 0. The highest BCUT2D eigenvalue weighted by molar-refractivity contribution is 8.01. The van der Waals surface area contributed by atoms with Gasteiger partial charge >= 0.3 is 5.97 Å². The molecule has 7 heteroatoms. The molecular formula is C14H22N2O3S2. The summed E-state index contributed by atoms with van der Waals surface area (Å²) >= 11 is 2.84. The van der Waals surface area contributed by atoms with Crippen LogP contribution >= 0.6 is 23.1 Å². The molecule has 1 aromatic heterocycles. The number of thiazole rings is 1. The van der Waals surface area contributed by atoms with Crippen LogP contribution in [0, 0.1) is 12.8 Å². The fraction of sp³-hybridized carbons (Fsp3) is 0.714. The third kappa shape index (κ3) is 4.95. The number of aromatic nitrogens is 1. The Hall–Kier alpha value is -0.630. The van der Waals surface area contributed by atoms with Gasteiger partial charge in [0.25, 0.3) is 0 Å². The van der Waals surface area contributed by atoms with Gasteiger partial charge in [-0.3, -0.25) is 4.90 Å². The molecule has 1 fully saturated rings. The Bertz CT molecular complexity index is 491. The van der Waals surface area contributed by atoms with Gasteiger partial charge in [-0.25, -0.2) is 9.78 Å². The van der Waals surface area contributed by atoms with Crippen molar-refractivity contribution >= 4 is 29.1 Å². The van der Waals surface area contributed by atoms with E-state index >= 15 is 0 Å². The van der Waals surface area contributed by atoms with Crippen LogP contribution in [0.15, 0.2) is 4.34 Å². The SMILES string of the molecule is Cc1nc(SCC2CN(CC(C)C)CCO2)sc1C(=O)O. The number of carboxylic acid groups (broad SMARTS) is 1. The van der Waals surface area contributed by atoms with Crippen LogP contribution < -0.4 is 0 Å². The van der Waals surface area contributed by atoms with Crippen molar-refractivity contribution in [3.05, 3.63) is 10.6 Å². The molecule has 118 valence electrons. The summed E-state index contributed by atoms with van der Waals surface area (Å²) in [5.41, 5.74) is 0.598. The Labute approximate surface area is 133 Å². The fourth-order valence-electron chi connectivity index (χ4n) is 2.36. The average molecular weight is 330 g/mol. The summed E-state index contributed by atoms with van der Waals surface area (Å²) in [7, 11) is 0. The highest BCUT2D eigenvalue weighted by Gasteiger charge is 2.22. The van der Waals surface area contributed by atoms with E-state index in [-0.39, 0.29) is 6.10 Å². The summed E-state index contributed by atoms with van der Waals surface area (Å²) in [5.74, 6) is 0.589. The van der Waals surface area contributed by atoms with Crippen molar-refractivity contribution in [2.75, 3.05) is 32.0 Å². The second-order valence-corrected chi connectivity index (χ2v) is 7.92. The van der Waals surface area contributed by atoms with Crippen molar-refractivity contribution in [3.8, 4) is 0 Å². The molecule has 1 N–H and O–H groups in total. The molecule has 0 aliphatic carbocycles. The summed E-state index contributed by atoms with van der Waals surface area (Å²) in [6.45, 7) is 10.0. The number of morpholine rings is 1. The van der Waals surface area contributed by atoms with Gasteiger partial charge in [0.2, 0.25) is 0 Å². The molecule has 0 bridgehead atoms. The van der Waals surface area contributed by atoms with E-state index in [4.69, 9.17) is 9.84 Å². The third-order valence-corrected chi connectivity index (χ3v) is 5.63. The number of hydrogen-bond acceptors (Lipinski definition) is 6. The van der Waals surface area contributed by atoms with Gasteiger partial charge in [0.15, 0.2) is 4.34 Å². The Morgan fingerprint density at radius 3 is 3.00 bits per heavy atom. The fourth-order valence-corrected chi connectivity index (χ4v) is 4.42. The summed E-state index contributed by atoms with van der Waals surface area (Å²) in [5, 5.41) is 9.04. The number of aryl methyl sites for hydroxylation is 1. The van der Waals surface area contributed by atoms with Gasteiger partial charge in [0.05, 0.1) is 18.4 Å². The molecule has 0 saturated carbocycles. The maximum Gasteiger partial charge on any atom is 0.347 e. The number of thioether (sulfide) groups is 1. The normalized spacial score (nSPS) is 20.1. The first-order chi connectivity index (χ1) is 9.95. The van der Waals surface area contributed by atoms with Gasteiger partial charge in [-0.2, -0.15) is 0 Å². The van der Waals surface area contributed by atoms with E-state index < -0.39 is 5.97 Å². The summed E-state index contributed by atoms with van der Waals surface area (Å²) < 4.78 is 6.61.